The molecule has 2 rings (SSSR count). The van der Waals surface area contributed by atoms with Gasteiger partial charge in [-0.15, -0.1) is 6.58 Å². The molecule has 0 atom stereocenters. The van der Waals surface area contributed by atoms with E-state index in [2.05, 4.69) is 17.2 Å². The van der Waals surface area contributed by atoms with E-state index < -0.39 is 17.5 Å². The van der Waals surface area contributed by atoms with E-state index in [9.17, 15) is 18.4 Å². The fraction of sp³-hybridized carbons (Fsp3) is 0.158. The lowest BCUT2D eigenvalue weighted by molar-refractivity contribution is -0.117. The highest BCUT2D eigenvalue weighted by Crippen LogP contribution is 2.23. The molecule has 0 heterocycles. The van der Waals surface area contributed by atoms with Gasteiger partial charge in [0.1, 0.15) is 11.6 Å². The molecule has 26 heavy (non-hydrogen) atoms. The Bertz CT molecular complexity index is 810. The molecule has 2 N–H and O–H groups in total. The van der Waals surface area contributed by atoms with Crippen LogP contribution < -0.4 is 15.5 Å². The summed E-state index contributed by atoms with van der Waals surface area (Å²) in [5.74, 6) is -2.56. The van der Waals surface area contributed by atoms with Crippen LogP contribution in [0.3, 0.4) is 0 Å². The molecule has 0 unspecified atom stereocenters. The van der Waals surface area contributed by atoms with Crippen molar-refractivity contribution in [3.63, 3.8) is 0 Å². The van der Waals surface area contributed by atoms with E-state index in [4.69, 9.17) is 0 Å². The molecule has 5 nitrogen and oxygen atoms in total. The van der Waals surface area contributed by atoms with Crippen LogP contribution in [0.2, 0.25) is 0 Å². The maximum Gasteiger partial charge on any atom is 0.246 e. The Balaban J connectivity index is 2.14. The Labute approximate surface area is 150 Å². The second kappa shape index (κ2) is 8.75. The molecule has 0 bridgehead atoms. The molecule has 0 aliphatic rings. The van der Waals surface area contributed by atoms with Crippen molar-refractivity contribution in [3.05, 3.63) is 66.8 Å². The molecular weight excluding hydrogens is 340 g/mol. The Morgan fingerprint density at radius 1 is 1.12 bits per heavy atom. The van der Waals surface area contributed by atoms with Crippen molar-refractivity contribution in [2.45, 2.75) is 6.92 Å². The first-order chi connectivity index (χ1) is 12.4. The van der Waals surface area contributed by atoms with Gasteiger partial charge in [-0.1, -0.05) is 24.3 Å². The lowest BCUT2D eigenvalue weighted by Gasteiger charge is -2.22. The van der Waals surface area contributed by atoms with E-state index >= 15 is 0 Å². The first-order valence-electron chi connectivity index (χ1n) is 7.89. The molecule has 2 aromatic carbocycles. The van der Waals surface area contributed by atoms with E-state index in [1.54, 1.807) is 30.3 Å². The van der Waals surface area contributed by atoms with Crippen LogP contribution in [0.4, 0.5) is 25.8 Å². The van der Waals surface area contributed by atoms with E-state index in [-0.39, 0.29) is 30.4 Å². The Morgan fingerprint density at radius 3 is 2.38 bits per heavy atom. The van der Waals surface area contributed by atoms with Gasteiger partial charge in [0.2, 0.25) is 11.8 Å². The number of hydrogen-bond donors (Lipinski definition) is 2. The van der Waals surface area contributed by atoms with Gasteiger partial charge in [-0.25, -0.2) is 8.78 Å². The van der Waals surface area contributed by atoms with E-state index in [1.165, 1.54) is 11.8 Å². The topological polar surface area (TPSA) is 61.4 Å². The normalized spacial score (nSPS) is 10.1. The summed E-state index contributed by atoms with van der Waals surface area (Å²) in [5, 5.41) is 4.91. The molecule has 136 valence electrons. The molecule has 0 radical (unpaired) electrons. The number of anilines is 3. The molecule has 0 aliphatic carbocycles. The summed E-state index contributed by atoms with van der Waals surface area (Å²) in [7, 11) is 0. The van der Waals surface area contributed by atoms with Crippen LogP contribution in [0.15, 0.2) is 55.1 Å². The van der Waals surface area contributed by atoms with Gasteiger partial charge < -0.3 is 15.5 Å². The molecule has 0 saturated carbocycles. The predicted octanol–water partition coefficient (Wildman–Crippen LogP) is 3.55. The van der Waals surface area contributed by atoms with Gasteiger partial charge in [0.25, 0.3) is 0 Å². The lowest BCUT2D eigenvalue weighted by Crippen LogP contribution is -2.35. The smallest absolute Gasteiger partial charge is 0.246 e. The monoisotopic (exact) mass is 359 g/mol. The van der Waals surface area contributed by atoms with E-state index in [0.29, 0.717) is 11.8 Å². The predicted molar refractivity (Wildman–Crippen MR) is 98.1 cm³/mol. The van der Waals surface area contributed by atoms with Crippen LogP contribution in [0, 0.1) is 11.6 Å². The zero-order valence-corrected chi connectivity index (χ0v) is 14.3. The molecule has 7 heteroatoms. The van der Waals surface area contributed by atoms with Crippen molar-refractivity contribution in [2.24, 2.45) is 0 Å². The highest BCUT2D eigenvalue weighted by Gasteiger charge is 2.16. The SMILES string of the molecule is C=CCN(C(=O)CNc1cc(NC(C)=O)c(F)cc1F)c1ccccc1. The van der Waals surface area contributed by atoms with Crippen LogP contribution in [0.1, 0.15) is 6.92 Å². The molecule has 0 saturated heterocycles. The Kier molecular flexibility index (Phi) is 6.43. The van der Waals surface area contributed by atoms with Crippen LogP contribution in [0.5, 0.6) is 0 Å². The number of nitrogens with one attached hydrogen (secondary N) is 2. The third-order valence-electron chi connectivity index (χ3n) is 3.48. The minimum atomic E-state index is -0.896. The highest BCUT2D eigenvalue weighted by atomic mass is 19.1. The van der Waals surface area contributed by atoms with Crippen LogP contribution in [0.25, 0.3) is 0 Å². The van der Waals surface area contributed by atoms with Crippen molar-refractivity contribution in [2.75, 3.05) is 28.6 Å². The number of hydrogen-bond acceptors (Lipinski definition) is 3. The average Bonchev–Trinajstić information content (AvgIpc) is 2.61. The number of rotatable bonds is 7. The molecule has 2 amide bonds. The third-order valence-corrected chi connectivity index (χ3v) is 3.48. The maximum absolute atomic E-state index is 13.9. The van der Waals surface area contributed by atoms with Crippen molar-refractivity contribution >= 4 is 28.9 Å². The number of halogens is 2. The number of carbonyl (C=O) groups is 2. The quantitative estimate of drug-likeness (QED) is 0.743. The summed E-state index contributed by atoms with van der Waals surface area (Å²) >= 11 is 0. The van der Waals surface area contributed by atoms with Gasteiger partial charge in [0.15, 0.2) is 0 Å². The molecular formula is C19H19F2N3O2. The van der Waals surface area contributed by atoms with Crippen LogP contribution in [-0.2, 0) is 9.59 Å². The average molecular weight is 359 g/mol. The summed E-state index contributed by atoms with van der Waals surface area (Å²) in [5.41, 5.74) is 0.424. The highest BCUT2D eigenvalue weighted by molar-refractivity contribution is 5.96. The van der Waals surface area contributed by atoms with Gasteiger partial charge in [0, 0.05) is 25.2 Å². The molecule has 2 aromatic rings. The number of para-hydroxylation sites is 1. The fourth-order valence-electron chi connectivity index (χ4n) is 2.32. The van der Waals surface area contributed by atoms with Crippen molar-refractivity contribution in [1.29, 1.82) is 0 Å². The standard InChI is InChI=1S/C19H19F2N3O2/c1-3-9-24(14-7-5-4-6-8-14)19(26)12-22-17-11-18(23-13(2)25)16(21)10-15(17)20/h3-8,10-11,22H,1,9,12H2,2H3,(H,23,25). The van der Waals surface area contributed by atoms with E-state index in [0.717, 1.165) is 6.07 Å². The maximum atomic E-state index is 13.9. The summed E-state index contributed by atoms with van der Waals surface area (Å²) in [6.07, 6.45) is 1.58. The number of amides is 2. The summed E-state index contributed by atoms with van der Waals surface area (Å²) in [6.45, 7) is 4.92. The summed E-state index contributed by atoms with van der Waals surface area (Å²) < 4.78 is 27.6. The van der Waals surface area contributed by atoms with Gasteiger partial charge in [-0.3, -0.25) is 9.59 Å². The van der Waals surface area contributed by atoms with Crippen LogP contribution in [-0.4, -0.2) is 24.9 Å². The van der Waals surface area contributed by atoms with Gasteiger partial charge in [-0.05, 0) is 18.2 Å². The Hall–Kier alpha value is -3.22. The van der Waals surface area contributed by atoms with Crippen LogP contribution >= 0.6 is 0 Å². The minimum absolute atomic E-state index is 0.0879. The number of benzene rings is 2. The minimum Gasteiger partial charge on any atom is -0.374 e. The molecule has 0 fully saturated rings. The van der Waals surface area contributed by atoms with Gasteiger partial charge >= 0.3 is 0 Å². The first kappa shape index (κ1) is 19.1. The summed E-state index contributed by atoms with van der Waals surface area (Å²) in [4.78, 5) is 25.1. The lowest BCUT2D eigenvalue weighted by atomic mass is 10.2. The second-order valence-electron chi connectivity index (χ2n) is 5.48. The van der Waals surface area contributed by atoms with Crippen molar-refractivity contribution < 1.29 is 18.4 Å². The largest absolute Gasteiger partial charge is 0.374 e. The second-order valence-corrected chi connectivity index (χ2v) is 5.48. The zero-order chi connectivity index (χ0) is 19.1. The number of carbonyl (C=O) groups excluding carboxylic acids is 2. The Morgan fingerprint density at radius 2 is 1.77 bits per heavy atom. The zero-order valence-electron chi connectivity index (χ0n) is 14.3. The third kappa shape index (κ3) is 4.89. The fourth-order valence-corrected chi connectivity index (χ4v) is 2.32. The molecule has 0 aliphatic heterocycles. The van der Waals surface area contributed by atoms with Gasteiger partial charge in [0.05, 0.1) is 17.9 Å². The molecule has 0 aromatic heterocycles. The number of nitrogens with zero attached hydrogens (tertiary/aromatic N) is 1. The summed E-state index contributed by atoms with van der Waals surface area (Å²) in [6, 6.07) is 10.7. The van der Waals surface area contributed by atoms with Gasteiger partial charge in [-0.2, -0.15) is 0 Å². The van der Waals surface area contributed by atoms with E-state index in [1.807, 2.05) is 6.07 Å². The molecule has 0 spiro atoms. The van der Waals surface area contributed by atoms with Crippen molar-refractivity contribution in [3.8, 4) is 0 Å². The van der Waals surface area contributed by atoms with Crippen molar-refractivity contribution in [1.82, 2.24) is 0 Å². The first-order valence-corrected chi connectivity index (χ1v) is 7.89.